The number of amides is 1. The molecular formula is C14H18ClNO3S. The second kappa shape index (κ2) is 7.31. The average molecular weight is 316 g/mol. The van der Waals surface area contributed by atoms with E-state index < -0.39 is 5.60 Å². The molecular weight excluding hydrogens is 298 g/mol. The zero-order chi connectivity index (χ0) is 14.4. The lowest BCUT2D eigenvalue weighted by molar-refractivity contribution is -0.121. The molecule has 1 fully saturated rings. The normalized spacial score (nSPS) is 21.9. The van der Waals surface area contributed by atoms with Gasteiger partial charge in [-0.05, 0) is 12.1 Å². The van der Waals surface area contributed by atoms with Crippen molar-refractivity contribution in [1.29, 1.82) is 0 Å². The maximum Gasteiger partial charge on any atom is 0.220 e. The summed E-state index contributed by atoms with van der Waals surface area (Å²) in [5.41, 5.74) is -0.897. The van der Waals surface area contributed by atoms with Gasteiger partial charge in [-0.2, -0.15) is 0 Å². The first-order valence-electron chi connectivity index (χ1n) is 6.53. The van der Waals surface area contributed by atoms with Gasteiger partial charge in [0.25, 0.3) is 0 Å². The SMILES string of the molecule is O=C(CCSc1ccccc1Cl)NCC1(O)CCOC1. The van der Waals surface area contributed by atoms with E-state index in [0.29, 0.717) is 36.8 Å². The lowest BCUT2D eigenvalue weighted by atomic mass is 10.0. The Morgan fingerprint density at radius 1 is 1.50 bits per heavy atom. The van der Waals surface area contributed by atoms with Crippen LogP contribution in [0.3, 0.4) is 0 Å². The van der Waals surface area contributed by atoms with Crippen LogP contribution in [0.4, 0.5) is 0 Å². The highest BCUT2D eigenvalue weighted by molar-refractivity contribution is 7.99. The minimum Gasteiger partial charge on any atom is -0.386 e. The molecule has 2 N–H and O–H groups in total. The second-order valence-electron chi connectivity index (χ2n) is 4.83. The molecule has 0 aliphatic carbocycles. The van der Waals surface area contributed by atoms with Gasteiger partial charge in [0.05, 0.1) is 11.6 Å². The van der Waals surface area contributed by atoms with Gasteiger partial charge < -0.3 is 15.2 Å². The number of aliphatic hydroxyl groups is 1. The summed E-state index contributed by atoms with van der Waals surface area (Å²) in [7, 11) is 0. The van der Waals surface area contributed by atoms with Gasteiger partial charge in [0.1, 0.15) is 5.60 Å². The van der Waals surface area contributed by atoms with Crippen LogP contribution in [0.25, 0.3) is 0 Å². The molecule has 1 aromatic carbocycles. The van der Waals surface area contributed by atoms with Crippen molar-refractivity contribution in [1.82, 2.24) is 5.32 Å². The number of hydrogen-bond donors (Lipinski definition) is 2. The van der Waals surface area contributed by atoms with Crippen LogP contribution in [0.1, 0.15) is 12.8 Å². The third-order valence-electron chi connectivity index (χ3n) is 3.12. The molecule has 0 aromatic heterocycles. The van der Waals surface area contributed by atoms with Gasteiger partial charge in [0.15, 0.2) is 0 Å². The molecule has 1 atom stereocenters. The molecule has 1 unspecified atom stereocenters. The van der Waals surface area contributed by atoms with Crippen LogP contribution >= 0.6 is 23.4 Å². The van der Waals surface area contributed by atoms with Crippen LogP contribution in [-0.4, -0.2) is 42.1 Å². The van der Waals surface area contributed by atoms with Crippen molar-refractivity contribution >= 4 is 29.3 Å². The van der Waals surface area contributed by atoms with E-state index in [4.69, 9.17) is 16.3 Å². The fourth-order valence-corrected chi connectivity index (χ4v) is 3.09. The standard InChI is InChI=1S/C14H18ClNO3S/c15-11-3-1-2-4-12(11)20-8-5-13(17)16-9-14(18)6-7-19-10-14/h1-4,18H,5-10H2,(H,16,17). The largest absolute Gasteiger partial charge is 0.386 e. The first-order chi connectivity index (χ1) is 9.59. The highest BCUT2D eigenvalue weighted by atomic mass is 35.5. The van der Waals surface area contributed by atoms with Crippen LogP contribution in [-0.2, 0) is 9.53 Å². The van der Waals surface area contributed by atoms with E-state index in [0.717, 1.165) is 4.90 Å². The Kier molecular flexibility index (Phi) is 5.72. The smallest absolute Gasteiger partial charge is 0.220 e. The van der Waals surface area contributed by atoms with Crippen molar-refractivity contribution < 1.29 is 14.6 Å². The van der Waals surface area contributed by atoms with E-state index in [9.17, 15) is 9.90 Å². The number of benzene rings is 1. The first-order valence-corrected chi connectivity index (χ1v) is 7.90. The number of halogens is 1. The van der Waals surface area contributed by atoms with Gasteiger partial charge in [-0.15, -0.1) is 11.8 Å². The molecule has 6 heteroatoms. The molecule has 0 spiro atoms. The van der Waals surface area contributed by atoms with Gasteiger partial charge in [-0.25, -0.2) is 0 Å². The molecule has 20 heavy (non-hydrogen) atoms. The third-order valence-corrected chi connectivity index (χ3v) is 4.64. The zero-order valence-electron chi connectivity index (χ0n) is 11.1. The number of thioether (sulfide) groups is 1. The van der Waals surface area contributed by atoms with Crippen molar-refractivity contribution in [3.8, 4) is 0 Å². The quantitative estimate of drug-likeness (QED) is 0.789. The molecule has 0 bridgehead atoms. The minimum atomic E-state index is -0.897. The molecule has 1 aromatic rings. The van der Waals surface area contributed by atoms with Crippen LogP contribution in [0.2, 0.25) is 5.02 Å². The minimum absolute atomic E-state index is 0.0649. The molecule has 1 heterocycles. The predicted molar refractivity (Wildman–Crippen MR) is 80.2 cm³/mol. The van der Waals surface area contributed by atoms with Gasteiger partial charge in [-0.3, -0.25) is 4.79 Å². The highest BCUT2D eigenvalue weighted by Crippen LogP contribution is 2.26. The molecule has 0 saturated carbocycles. The summed E-state index contributed by atoms with van der Waals surface area (Å²) in [6, 6.07) is 7.57. The zero-order valence-corrected chi connectivity index (χ0v) is 12.7. The van der Waals surface area contributed by atoms with Crippen LogP contribution in [0.15, 0.2) is 29.2 Å². The molecule has 1 saturated heterocycles. The lowest BCUT2D eigenvalue weighted by Crippen LogP contribution is -2.43. The Bertz CT molecular complexity index is 463. The number of carbonyl (C=O) groups excluding carboxylic acids is 1. The lowest BCUT2D eigenvalue weighted by Gasteiger charge is -2.20. The number of hydrogen-bond acceptors (Lipinski definition) is 4. The Hall–Kier alpha value is -0.750. The summed E-state index contributed by atoms with van der Waals surface area (Å²) < 4.78 is 5.12. The van der Waals surface area contributed by atoms with Crippen molar-refractivity contribution in [2.24, 2.45) is 0 Å². The third kappa shape index (κ3) is 4.66. The maximum atomic E-state index is 11.7. The Morgan fingerprint density at radius 3 is 3.00 bits per heavy atom. The Morgan fingerprint density at radius 2 is 2.30 bits per heavy atom. The van der Waals surface area contributed by atoms with Crippen molar-refractivity contribution in [2.45, 2.75) is 23.3 Å². The number of carbonyl (C=O) groups is 1. The average Bonchev–Trinajstić information content (AvgIpc) is 2.86. The summed E-state index contributed by atoms with van der Waals surface area (Å²) in [5, 5.41) is 13.5. The number of ether oxygens (including phenoxy) is 1. The molecule has 1 aliphatic heterocycles. The maximum absolute atomic E-state index is 11.7. The first kappa shape index (κ1) is 15.6. The van der Waals surface area contributed by atoms with Gasteiger partial charge in [0, 0.05) is 36.6 Å². The topological polar surface area (TPSA) is 58.6 Å². The summed E-state index contributed by atoms with van der Waals surface area (Å²) in [6.07, 6.45) is 0.967. The van der Waals surface area contributed by atoms with Crippen molar-refractivity contribution in [3.63, 3.8) is 0 Å². The van der Waals surface area contributed by atoms with E-state index in [1.807, 2.05) is 24.3 Å². The summed E-state index contributed by atoms with van der Waals surface area (Å²) in [6.45, 7) is 1.10. The molecule has 1 aliphatic rings. The fraction of sp³-hybridized carbons (Fsp3) is 0.500. The molecule has 110 valence electrons. The van der Waals surface area contributed by atoms with Gasteiger partial charge in [-0.1, -0.05) is 23.7 Å². The van der Waals surface area contributed by atoms with Crippen molar-refractivity contribution in [3.05, 3.63) is 29.3 Å². The van der Waals surface area contributed by atoms with Crippen molar-refractivity contribution in [2.75, 3.05) is 25.5 Å². The Balaban J connectivity index is 1.67. The van der Waals surface area contributed by atoms with Crippen LogP contribution in [0.5, 0.6) is 0 Å². The van der Waals surface area contributed by atoms with Gasteiger partial charge >= 0.3 is 0 Å². The second-order valence-corrected chi connectivity index (χ2v) is 6.38. The molecule has 2 rings (SSSR count). The van der Waals surface area contributed by atoms with Crippen LogP contribution < -0.4 is 5.32 Å². The summed E-state index contributed by atoms with van der Waals surface area (Å²) in [5.74, 6) is 0.592. The summed E-state index contributed by atoms with van der Waals surface area (Å²) in [4.78, 5) is 12.7. The molecule has 1 amide bonds. The van der Waals surface area contributed by atoms with E-state index >= 15 is 0 Å². The van der Waals surface area contributed by atoms with Crippen LogP contribution in [0, 0.1) is 0 Å². The van der Waals surface area contributed by atoms with E-state index in [1.54, 1.807) is 11.8 Å². The fourth-order valence-electron chi connectivity index (χ4n) is 1.90. The highest BCUT2D eigenvalue weighted by Gasteiger charge is 2.32. The predicted octanol–water partition coefficient (Wildman–Crippen LogP) is 2.09. The summed E-state index contributed by atoms with van der Waals surface area (Å²) >= 11 is 7.59. The van der Waals surface area contributed by atoms with E-state index in [2.05, 4.69) is 5.32 Å². The monoisotopic (exact) mass is 315 g/mol. The molecule has 4 nitrogen and oxygen atoms in total. The Labute approximate surface area is 127 Å². The van der Waals surface area contributed by atoms with E-state index in [-0.39, 0.29) is 12.5 Å². The number of nitrogens with one attached hydrogen (secondary N) is 1. The number of rotatable bonds is 6. The molecule has 0 radical (unpaired) electrons. The van der Waals surface area contributed by atoms with Gasteiger partial charge in [0.2, 0.25) is 5.91 Å². The van der Waals surface area contributed by atoms with E-state index in [1.165, 1.54) is 0 Å².